The van der Waals surface area contributed by atoms with Crippen LogP contribution in [0.4, 0.5) is 0 Å². The number of nitrogens with zero attached hydrogens (tertiary/aromatic N) is 1. The summed E-state index contributed by atoms with van der Waals surface area (Å²) in [5.41, 5.74) is 0.968. The number of likely N-dealkylation sites (N-methyl/N-ethyl adjacent to an activating group) is 1. The van der Waals surface area contributed by atoms with Crippen molar-refractivity contribution in [2.75, 3.05) is 7.05 Å². The van der Waals surface area contributed by atoms with E-state index in [0.29, 0.717) is 9.23 Å². The predicted molar refractivity (Wildman–Crippen MR) is 87.8 cm³/mol. The monoisotopic (exact) mass is 307 g/mol. The molecule has 0 aromatic heterocycles. The molecule has 0 unspecified atom stereocenters. The minimum absolute atomic E-state index is 0.0417. The van der Waals surface area contributed by atoms with E-state index in [9.17, 15) is 4.79 Å². The standard InChI is InChI=1S/C15H17NO2S2/c1-4-10(2)18-12-7-5-11(6-8-12)9-13-14(17)16(3)15(19)20-13/h5-10H,4H2,1-3H3/b13-9+/t10-/m1/s1. The maximum Gasteiger partial charge on any atom is 0.265 e. The Kier molecular flexibility index (Phi) is 4.83. The summed E-state index contributed by atoms with van der Waals surface area (Å²) >= 11 is 6.43. The molecule has 1 heterocycles. The summed E-state index contributed by atoms with van der Waals surface area (Å²) in [6, 6.07) is 7.73. The Morgan fingerprint density at radius 1 is 1.40 bits per heavy atom. The molecule has 3 nitrogen and oxygen atoms in total. The molecule has 1 aliphatic heterocycles. The Hall–Kier alpha value is -1.33. The van der Waals surface area contributed by atoms with Gasteiger partial charge in [0, 0.05) is 7.05 Å². The molecule has 0 N–H and O–H groups in total. The van der Waals surface area contributed by atoms with Crippen molar-refractivity contribution in [3.63, 3.8) is 0 Å². The average molecular weight is 307 g/mol. The fraction of sp³-hybridized carbons (Fsp3) is 0.333. The van der Waals surface area contributed by atoms with E-state index >= 15 is 0 Å². The molecule has 0 radical (unpaired) electrons. The van der Waals surface area contributed by atoms with Crippen LogP contribution in [-0.2, 0) is 4.79 Å². The number of thioether (sulfide) groups is 1. The molecule has 0 aliphatic carbocycles. The van der Waals surface area contributed by atoms with E-state index in [0.717, 1.165) is 17.7 Å². The summed E-state index contributed by atoms with van der Waals surface area (Å²) in [5.74, 6) is 0.805. The molecule has 1 aliphatic rings. The van der Waals surface area contributed by atoms with Crippen molar-refractivity contribution in [2.45, 2.75) is 26.4 Å². The van der Waals surface area contributed by atoms with Gasteiger partial charge >= 0.3 is 0 Å². The van der Waals surface area contributed by atoms with Crippen molar-refractivity contribution in [3.05, 3.63) is 34.7 Å². The van der Waals surface area contributed by atoms with Gasteiger partial charge in [-0.05, 0) is 37.1 Å². The lowest BCUT2D eigenvalue weighted by Crippen LogP contribution is -2.22. The summed E-state index contributed by atoms with van der Waals surface area (Å²) in [4.78, 5) is 14.0. The highest BCUT2D eigenvalue weighted by Gasteiger charge is 2.28. The van der Waals surface area contributed by atoms with Gasteiger partial charge in [0.25, 0.3) is 5.91 Å². The van der Waals surface area contributed by atoms with Crippen LogP contribution >= 0.6 is 24.0 Å². The third-order valence-corrected chi connectivity index (χ3v) is 4.56. The molecule has 5 heteroatoms. The summed E-state index contributed by atoms with van der Waals surface area (Å²) < 4.78 is 6.32. The smallest absolute Gasteiger partial charge is 0.265 e. The molecule has 1 aromatic carbocycles. The first-order valence-corrected chi connectivity index (χ1v) is 7.72. The number of rotatable bonds is 4. The number of ether oxygens (including phenoxy) is 1. The molecule has 0 saturated carbocycles. The third kappa shape index (κ3) is 3.41. The van der Waals surface area contributed by atoms with Gasteiger partial charge in [-0.25, -0.2) is 0 Å². The van der Waals surface area contributed by atoms with Crippen LogP contribution in [0.1, 0.15) is 25.8 Å². The second-order valence-electron chi connectivity index (χ2n) is 4.65. The number of carbonyl (C=O) groups excluding carboxylic acids is 1. The largest absolute Gasteiger partial charge is 0.491 e. The number of amides is 1. The lowest BCUT2D eigenvalue weighted by atomic mass is 10.2. The van der Waals surface area contributed by atoms with E-state index in [-0.39, 0.29) is 12.0 Å². The quantitative estimate of drug-likeness (QED) is 0.627. The van der Waals surface area contributed by atoms with Gasteiger partial charge in [-0.3, -0.25) is 9.69 Å². The first-order valence-electron chi connectivity index (χ1n) is 6.49. The minimum Gasteiger partial charge on any atom is -0.491 e. The molecule has 1 saturated heterocycles. The first kappa shape index (κ1) is 15.1. The van der Waals surface area contributed by atoms with Crippen LogP contribution in [0.5, 0.6) is 5.75 Å². The molecule has 0 bridgehead atoms. The summed E-state index contributed by atoms with van der Waals surface area (Å²) in [5, 5.41) is 0. The van der Waals surface area contributed by atoms with Crippen LogP contribution in [0.3, 0.4) is 0 Å². The maximum absolute atomic E-state index is 11.9. The minimum atomic E-state index is -0.0417. The fourth-order valence-electron chi connectivity index (χ4n) is 1.66. The van der Waals surface area contributed by atoms with Gasteiger partial charge in [-0.15, -0.1) is 0 Å². The van der Waals surface area contributed by atoms with Crippen molar-refractivity contribution in [1.82, 2.24) is 4.90 Å². The number of thiocarbonyl (C=S) groups is 1. The topological polar surface area (TPSA) is 29.5 Å². The predicted octanol–water partition coefficient (Wildman–Crippen LogP) is 3.69. The molecule has 1 atom stereocenters. The molecule has 1 fully saturated rings. The zero-order valence-corrected chi connectivity index (χ0v) is 13.4. The number of hydrogen-bond acceptors (Lipinski definition) is 4. The summed E-state index contributed by atoms with van der Waals surface area (Å²) in [7, 11) is 1.70. The van der Waals surface area contributed by atoms with Crippen molar-refractivity contribution in [2.24, 2.45) is 0 Å². The Labute approximate surface area is 129 Å². The zero-order chi connectivity index (χ0) is 14.7. The molecule has 2 rings (SSSR count). The Bertz CT molecular complexity index is 551. The van der Waals surface area contributed by atoms with Crippen LogP contribution in [-0.4, -0.2) is 28.3 Å². The Morgan fingerprint density at radius 3 is 2.55 bits per heavy atom. The van der Waals surface area contributed by atoms with Crippen LogP contribution < -0.4 is 4.74 Å². The number of hydrogen-bond donors (Lipinski definition) is 0. The van der Waals surface area contributed by atoms with E-state index in [2.05, 4.69) is 6.92 Å². The maximum atomic E-state index is 11.9. The van der Waals surface area contributed by atoms with Gasteiger partial charge in [0.15, 0.2) is 0 Å². The van der Waals surface area contributed by atoms with Gasteiger partial charge in [-0.1, -0.05) is 43.0 Å². The SMILES string of the molecule is CC[C@@H](C)Oc1ccc(/C=C2/SC(=S)N(C)C2=O)cc1. The fourth-order valence-corrected chi connectivity index (χ4v) is 2.83. The highest BCUT2D eigenvalue weighted by atomic mass is 32.2. The average Bonchev–Trinajstić information content (AvgIpc) is 2.68. The van der Waals surface area contributed by atoms with Crippen molar-refractivity contribution in [1.29, 1.82) is 0 Å². The number of benzene rings is 1. The molecular formula is C15H17NO2S2. The van der Waals surface area contributed by atoms with Gasteiger partial charge in [0.1, 0.15) is 10.1 Å². The molecular weight excluding hydrogens is 290 g/mol. The van der Waals surface area contributed by atoms with Crippen LogP contribution in [0.2, 0.25) is 0 Å². The van der Waals surface area contributed by atoms with Crippen molar-refractivity contribution in [3.8, 4) is 5.75 Å². The lowest BCUT2D eigenvalue weighted by molar-refractivity contribution is -0.121. The van der Waals surface area contributed by atoms with Gasteiger partial charge in [-0.2, -0.15) is 0 Å². The second-order valence-corrected chi connectivity index (χ2v) is 6.32. The zero-order valence-electron chi connectivity index (χ0n) is 11.8. The Morgan fingerprint density at radius 2 is 2.05 bits per heavy atom. The van der Waals surface area contributed by atoms with Crippen molar-refractivity contribution >= 4 is 40.3 Å². The van der Waals surface area contributed by atoms with E-state index in [4.69, 9.17) is 17.0 Å². The van der Waals surface area contributed by atoms with Crippen LogP contribution in [0.25, 0.3) is 6.08 Å². The Balaban J connectivity index is 2.11. The molecule has 20 heavy (non-hydrogen) atoms. The highest BCUT2D eigenvalue weighted by molar-refractivity contribution is 8.26. The van der Waals surface area contributed by atoms with E-state index in [1.807, 2.05) is 37.3 Å². The van der Waals surface area contributed by atoms with Gasteiger partial charge < -0.3 is 4.74 Å². The molecule has 1 aromatic rings. The van der Waals surface area contributed by atoms with Crippen molar-refractivity contribution < 1.29 is 9.53 Å². The first-order chi connectivity index (χ1) is 9.51. The second kappa shape index (κ2) is 6.41. The normalized spacial score (nSPS) is 18.8. The van der Waals surface area contributed by atoms with Gasteiger partial charge in [0.2, 0.25) is 0 Å². The highest BCUT2D eigenvalue weighted by Crippen LogP contribution is 2.31. The molecule has 1 amide bonds. The lowest BCUT2D eigenvalue weighted by Gasteiger charge is -2.12. The molecule has 106 valence electrons. The summed E-state index contributed by atoms with van der Waals surface area (Å²) in [6.07, 6.45) is 3.04. The summed E-state index contributed by atoms with van der Waals surface area (Å²) in [6.45, 7) is 4.13. The van der Waals surface area contributed by atoms with E-state index in [1.165, 1.54) is 16.7 Å². The van der Waals surface area contributed by atoms with Crippen LogP contribution in [0, 0.1) is 0 Å². The van der Waals surface area contributed by atoms with E-state index < -0.39 is 0 Å². The van der Waals surface area contributed by atoms with Gasteiger partial charge in [0.05, 0.1) is 11.0 Å². The number of carbonyl (C=O) groups is 1. The molecule has 0 spiro atoms. The van der Waals surface area contributed by atoms with E-state index in [1.54, 1.807) is 7.05 Å². The van der Waals surface area contributed by atoms with Crippen LogP contribution in [0.15, 0.2) is 29.2 Å². The third-order valence-electron chi connectivity index (χ3n) is 3.08.